The minimum Gasteiger partial charge on any atom is -0.377 e. The molecule has 1 aliphatic heterocycles. The molecule has 0 spiro atoms. The van der Waals surface area contributed by atoms with Gasteiger partial charge in [0.15, 0.2) is 0 Å². The van der Waals surface area contributed by atoms with Gasteiger partial charge in [-0.25, -0.2) is 0 Å². The van der Waals surface area contributed by atoms with E-state index in [4.69, 9.17) is 0 Å². The van der Waals surface area contributed by atoms with Crippen molar-refractivity contribution in [1.29, 1.82) is 0 Å². The smallest absolute Gasteiger partial charge is 0.257 e. The quantitative estimate of drug-likeness (QED) is 0.423. The summed E-state index contributed by atoms with van der Waals surface area (Å²) < 4.78 is 0. The average Bonchev–Trinajstić information content (AvgIpc) is 3.26. The van der Waals surface area contributed by atoms with Gasteiger partial charge in [0.25, 0.3) is 5.91 Å². The van der Waals surface area contributed by atoms with Crippen LogP contribution < -0.4 is 10.6 Å². The number of anilines is 2. The number of amides is 1. The first-order valence-electron chi connectivity index (χ1n) is 11.9. The molecule has 0 bridgehead atoms. The van der Waals surface area contributed by atoms with Crippen LogP contribution in [0.15, 0.2) is 60.7 Å². The number of nitrogens with one attached hydrogen (secondary N) is 2. The summed E-state index contributed by atoms with van der Waals surface area (Å²) in [6.07, 6.45) is 5.69. The van der Waals surface area contributed by atoms with Crippen molar-refractivity contribution in [3.63, 3.8) is 0 Å². The van der Waals surface area contributed by atoms with E-state index in [9.17, 15) is 4.79 Å². The Hall–Kier alpha value is -3.33. The zero-order valence-corrected chi connectivity index (χ0v) is 20.1. The molecule has 3 nitrogen and oxygen atoms in total. The molecule has 1 heterocycles. The lowest BCUT2D eigenvalue weighted by Gasteiger charge is -2.39. The standard InChI is InChI=1S/C30H32N2O/c1-17-14-20(4)27(21(5)15-17)29-25-10-6-8-23(25)24-9-7-11-26(28(24)32-29)30(33)31-22-13-12-18(2)19(3)16-22/h6-9,11-16,23,25,29,32H,10H2,1-5H3,(H,31,33). The second-order valence-electron chi connectivity index (χ2n) is 9.81. The summed E-state index contributed by atoms with van der Waals surface area (Å²) in [6.45, 7) is 10.7. The van der Waals surface area contributed by atoms with E-state index in [-0.39, 0.29) is 11.9 Å². The van der Waals surface area contributed by atoms with Gasteiger partial charge in [0.2, 0.25) is 0 Å². The van der Waals surface area contributed by atoms with Crippen LogP contribution in [-0.2, 0) is 0 Å². The first-order chi connectivity index (χ1) is 15.8. The molecule has 0 radical (unpaired) electrons. The number of para-hydroxylation sites is 1. The van der Waals surface area contributed by atoms with Crippen LogP contribution in [0.5, 0.6) is 0 Å². The van der Waals surface area contributed by atoms with Crippen LogP contribution in [0.1, 0.15) is 67.7 Å². The molecule has 3 aromatic carbocycles. The number of allylic oxidation sites excluding steroid dienone is 2. The number of carbonyl (C=O) groups excluding carboxylic acids is 1. The van der Waals surface area contributed by atoms with Crippen LogP contribution in [-0.4, -0.2) is 5.91 Å². The van der Waals surface area contributed by atoms with Gasteiger partial charge in [-0.3, -0.25) is 4.79 Å². The molecule has 1 aliphatic carbocycles. The number of carbonyl (C=O) groups is 1. The van der Waals surface area contributed by atoms with Crippen LogP contribution in [0, 0.1) is 40.5 Å². The molecule has 3 aromatic rings. The van der Waals surface area contributed by atoms with E-state index in [0.717, 1.165) is 17.8 Å². The highest BCUT2D eigenvalue weighted by molar-refractivity contribution is 6.08. The third-order valence-electron chi connectivity index (χ3n) is 7.46. The van der Waals surface area contributed by atoms with Crippen molar-refractivity contribution in [2.45, 2.75) is 53.0 Å². The molecule has 0 aromatic heterocycles. The van der Waals surface area contributed by atoms with Gasteiger partial charge in [0, 0.05) is 11.6 Å². The Morgan fingerprint density at radius 2 is 1.67 bits per heavy atom. The Balaban J connectivity index is 1.56. The summed E-state index contributed by atoms with van der Waals surface area (Å²) in [6, 6.07) is 16.9. The van der Waals surface area contributed by atoms with Crippen LogP contribution in [0.4, 0.5) is 11.4 Å². The minimum atomic E-state index is -0.0703. The highest BCUT2D eigenvalue weighted by Crippen LogP contribution is 2.51. The topological polar surface area (TPSA) is 41.1 Å². The van der Waals surface area contributed by atoms with Gasteiger partial charge in [-0.2, -0.15) is 0 Å². The van der Waals surface area contributed by atoms with Crippen LogP contribution in [0.2, 0.25) is 0 Å². The highest BCUT2D eigenvalue weighted by Gasteiger charge is 2.40. The molecule has 1 amide bonds. The summed E-state index contributed by atoms with van der Waals surface area (Å²) in [5.74, 6) is 0.704. The molecule has 0 fully saturated rings. The lowest BCUT2D eigenvalue weighted by molar-refractivity contribution is 0.102. The SMILES string of the molecule is Cc1cc(C)c(C2Nc3c(C(=O)Nc4ccc(C)c(C)c4)cccc3C3C=CCC32)c(C)c1. The van der Waals surface area contributed by atoms with Crippen LogP contribution in [0.3, 0.4) is 0 Å². The second-order valence-corrected chi connectivity index (χ2v) is 9.81. The summed E-state index contributed by atoms with van der Waals surface area (Å²) in [5.41, 5.74) is 11.4. The maximum absolute atomic E-state index is 13.4. The Labute approximate surface area is 196 Å². The van der Waals surface area contributed by atoms with Crippen molar-refractivity contribution in [3.05, 3.63) is 105 Å². The first kappa shape index (κ1) is 21.5. The number of fused-ring (bicyclic) bond motifs is 3. The van der Waals surface area contributed by atoms with E-state index >= 15 is 0 Å². The van der Waals surface area contributed by atoms with Gasteiger partial charge in [-0.05, 0) is 98.5 Å². The monoisotopic (exact) mass is 436 g/mol. The molecule has 0 saturated heterocycles. The molecule has 3 heteroatoms. The molecule has 168 valence electrons. The fraction of sp³-hybridized carbons (Fsp3) is 0.300. The number of benzene rings is 3. The lowest BCUT2D eigenvalue weighted by atomic mass is 9.74. The van der Waals surface area contributed by atoms with E-state index in [1.165, 1.54) is 38.9 Å². The zero-order valence-electron chi connectivity index (χ0n) is 20.1. The van der Waals surface area contributed by atoms with E-state index in [1.54, 1.807) is 0 Å². The largest absolute Gasteiger partial charge is 0.377 e. The molecule has 0 saturated carbocycles. The normalized spacial score (nSPS) is 20.7. The summed E-state index contributed by atoms with van der Waals surface area (Å²) in [4.78, 5) is 13.4. The van der Waals surface area contributed by atoms with Gasteiger partial charge in [-0.15, -0.1) is 0 Å². The Morgan fingerprint density at radius 1 is 0.909 bits per heavy atom. The van der Waals surface area contributed by atoms with Gasteiger partial charge in [-0.1, -0.05) is 48.0 Å². The number of hydrogen-bond donors (Lipinski definition) is 2. The highest BCUT2D eigenvalue weighted by atomic mass is 16.1. The Bertz CT molecular complexity index is 1260. The number of aryl methyl sites for hydroxylation is 5. The van der Waals surface area contributed by atoms with E-state index < -0.39 is 0 Å². The van der Waals surface area contributed by atoms with Gasteiger partial charge in [0.05, 0.1) is 17.3 Å². The predicted octanol–water partition coefficient (Wildman–Crippen LogP) is 7.31. The van der Waals surface area contributed by atoms with Crippen molar-refractivity contribution in [1.82, 2.24) is 0 Å². The third-order valence-corrected chi connectivity index (χ3v) is 7.46. The average molecular weight is 437 g/mol. The van der Waals surface area contributed by atoms with Crippen molar-refractivity contribution in [3.8, 4) is 0 Å². The molecule has 3 unspecified atom stereocenters. The molecule has 3 atom stereocenters. The molecular weight excluding hydrogens is 404 g/mol. The predicted molar refractivity (Wildman–Crippen MR) is 137 cm³/mol. The maximum atomic E-state index is 13.4. The van der Waals surface area contributed by atoms with Gasteiger partial charge in [0.1, 0.15) is 0 Å². The minimum absolute atomic E-state index is 0.0703. The molecule has 2 aliphatic rings. The number of rotatable bonds is 3. The van der Waals surface area contributed by atoms with Crippen LogP contribution >= 0.6 is 0 Å². The van der Waals surface area contributed by atoms with Gasteiger partial charge < -0.3 is 10.6 Å². The first-order valence-corrected chi connectivity index (χ1v) is 11.9. The zero-order chi connectivity index (χ0) is 23.3. The third kappa shape index (κ3) is 3.76. The van der Waals surface area contributed by atoms with Crippen molar-refractivity contribution in [2.24, 2.45) is 5.92 Å². The second kappa shape index (κ2) is 8.22. The maximum Gasteiger partial charge on any atom is 0.257 e. The van der Waals surface area contributed by atoms with Crippen LogP contribution in [0.25, 0.3) is 0 Å². The molecule has 2 N–H and O–H groups in total. The van der Waals surface area contributed by atoms with E-state index in [0.29, 0.717) is 17.4 Å². The summed E-state index contributed by atoms with van der Waals surface area (Å²) in [7, 11) is 0. The van der Waals surface area contributed by atoms with Crippen molar-refractivity contribution < 1.29 is 4.79 Å². The lowest BCUT2D eigenvalue weighted by Crippen LogP contribution is -2.32. The molecule has 5 rings (SSSR count). The molecule has 33 heavy (non-hydrogen) atoms. The van der Waals surface area contributed by atoms with Crippen molar-refractivity contribution >= 4 is 17.3 Å². The summed E-state index contributed by atoms with van der Waals surface area (Å²) in [5, 5.41) is 6.96. The molecular formula is C30H32N2O. The number of hydrogen-bond acceptors (Lipinski definition) is 2. The fourth-order valence-corrected chi connectivity index (χ4v) is 5.80. The van der Waals surface area contributed by atoms with E-state index in [1.807, 2.05) is 24.3 Å². The summed E-state index contributed by atoms with van der Waals surface area (Å²) >= 11 is 0. The Morgan fingerprint density at radius 3 is 2.39 bits per heavy atom. The van der Waals surface area contributed by atoms with Crippen molar-refractivity contribution in [2.75, 3.05) is 10.6 Å². The van der Waals surface area contributed by atoms with E-state index in [2.05, 4.69) is 81.7 Å². The van der Waals surface area contributed by atoms with Gasteiger partial charge >= 0.3 is 0 Å². The fourth-order valence-electron chi connectivity index (χ4n) is 5.80. The Kier molecular flexibility index (Phi) is 5.36.